The van der Waals surface area contributed by atoms with Crippen molar-refractivity contribution in [2.75, 3.05) is 11.1 Å². The van der Waals surface area contributed by atoms with Gasteiger partial charge in [0, 0.05) is 16.6 Å². The van der Waals surface area contributed by atoms with E-state index in [9.17, 15) is 14.4 Å². The molecule has 0 spiro atoms. The molecule has 2 aromatic rings. The maximum Gasteiger partial charge on any atom is 0.243 e. The number of rotatable bonds is 6. The van der Waals surface area contributed by atoms with E-state index in [0.29, 0.717) is 21.8 Å². The minimum atomic E-state index is -0.643. The van der Waals surface area contributed by atoms with Gasteiger partial charge in [-0.15, -0.1) is 10.2 Å². The molecule has 2 N–H and O–H groups in total. The van der Waals surface area contributed by atoms with Crippen LogP contribution in [0.25, 0.3) is 0 Å². The first kappa shape index (κ1) is 21.7. The Hall–Kier alpha value is -2.57. The maximum atomic E-state index is 13.0. The van der Waals surface area contributed by atoms with Crippen molar-refractivity contribution in [2.24, 2.45) is 10.2 Å². The van der Waals surface area contributed by atoms with Crippen LogP contribution in [0, 0.1) is 0 Å². The molecule has 1 aromatic heterocycles. The Balaban J connectivity index is 1.48. The zero-order valence-corrected chi connectivity index (χ0v) is 19.1. The number of furan rings is 1. The fraction of sp³-hybridized carbons (Fsp3) is 0.211. The van der Waals surface area contributed by atoms with Crippen LogP contribution in [0.2, 0.25) is 0 Å². The molecule has 0 radical (unpaired) electrons. The van der Waals surface area contributed by atoms with Crippen molar-refractivity contribution < 1.29 is 18.8 Å². The van der Waals surface area contributed by atoms with Gasteiger partial charge in [-0.1, -0.05) is 39.5 Å². The molecule has 1 aromatic carbocycles. The minimum Gasteiger partial charge on any atom is -0.467 e. The molecular weight excluding hydrogens is 506 g/mol. The predicted octanol–water partition coefficient (Wildman–Crippen LogP) is 3.00. The van der Waals surface area contributed by atoms with Crippen molar-refractivity contribution in [1.29, 1.82) is 0 Å². The fourth-order valence-corrected chi connectivity index (χ4v) is 4.78. The number of carbonyl (C=O) groups excluding carboxylic acids is 3. The molecule has 12 heteroatoms. The van der Waals surface area contributed by atoms with E-state index in [1.54, 1.807) is 24.3 Å². The van der Waals surface area contributed by atoms with E-state index in [2.05, 4.69) is 36.8 Å². The summed E-state index contributed by atoms with van der Waals surface area (Å²) in [7, 11) is 0. The van der Waals surface area contributed by atoms with Crippen LogP contribution in [0.1, 0.15) is 12.2 Å². The van der Waals surface area contributed by atoms with Crippen molar-refractivity contribution in [3.05, 3.63) is 52.9 Å². The normalized spacial score (nSPS) is 21.2. The van der Waals surface area contributed by atoms with Gasteiger partial charge in [0.15, 0.2) is 10.3 Å². The highest BCUT2D eigenvalue weighted by Gasteiger charge is 2.40. The lowest BCUT2D eigenvalue weighted by Crippen LogP contribution is -2.33. The summed E-state index contributed by atoms with van der Waals surface area (Å²) in [4.78, 5) is 38.3. The summed E-state index contributed by atoms with van der Waals surface area (Å²) in [6.07, 6.45) is 1.50. The van der Waals surface area contributed by atoms with Gasteiger partial charge in [-0.25, -0.2) is 0 Å². The summed E-state index contributed by atoms with van der Waals surface area (Å²) in [6.45, 7) is 0.173. The average Bonchev–Trinajstić information content (AvgIpc) is 3.46. The number of benzene rings is 1. The molecular formula is C19H16BrN5O4S2. The molecule has 2 saturated heterocycles. The molecule has 3 amide bonds. The van der Waals surface area contributed by atoms with Crippen molar-refractivity contribution in [2.45, 2.75) is 18.2 Å². The maximum absolute atomic E-state index is 13.0. The van der Waals surface area contributed by atoms with Crippen molar-refractivity contribution in [3.63, 3.8) is 0 Å². The predicted molar refractivity (Wildman–Crippen MR) is 123 cm³/mol. The topological polar surface area (TPSA) is 116 Å². The van der Waals surface area contributed by atoms with Crippen LogP contribution in [-0.2, 0) is 20.9 Å². The number of nitrogens with one attached hydrogen (secondary N) is 2. The van der Waals surface area contributed by atoms with E-state index in [1.807, 2.05) is 12.1 Å². The molecule has 160 valence electrons. The summed E-state index contributed by atoms with van der Waals surface area (Å²) in [5.41, 5.74) is 0.644. The molecule has 3 heterocycles. The van der Waals surface area contributed by atoms with Gasteiger partial charge < -0.3 is 15.1 Å². The van der Waals surface area contributed by atoms with Crippen LogP contribution in [-0.4, -0.2) is 44.0 Å². The smallest absolute Gasteiger partial charge is 0.243 e. The Morgan fingerprint density at radius 1 is 1.26 bits per heavy atom. The number of nitrogens with zero attached hydrogens (tertiary/aromatic N) is 3. The van der Waals surface area contributed by atoms with Crippen LogP contribution in [0.4, 0.5) is 5.69 Å². The highest BCUT2D eigenvalue weighted by molar-refractivity contribution is 9.10. The molecule has 9 nitrogen and oxygen atoms in total. The second-order valence-corrected chi connectivity index (χ2v) is 9.54. The monoisotopic (exact) mass is 521 g/mol. The third kappa shape index (κ3) is 5.57. The number of hydrogen-bond donors (Lipinski definition) is 2. The fourth-order valence-electron chi connectivity index (χ4n) is 2.80. The van der Waals surface area contributed by atoms with E-state index in [1.165, 1.54) is 22.9 Å². The molecule has 2 aliphatic rings. The Kier molecular flexibility index (Phi) is 6.78. The first-order valence-electron chi connectivity index (χ1n) is 9.12. The molecule has 0 aliphatic carbocycles. The van der Waals surface area contributed by atoms with Crippen LogP contribution in [0.15, 0.2) is 61.8 Å². The lowest BCUT2D eigenvalue weighted by atomic mass is 10.2. The summed E-state index contributed by atoms with van der Waals surface area (Å²) in [5, 5.41) is 13.7. The van der Waals surface area contributed by atoms with Gasteiger partial charge in [0.2, 0.25) is 17.7 Å². The van der Waals surface area contributed by atoms with Crippen molar-refractivity contribution >= 4 is 73.2 Å². The summed E-state index contributed by atoms with van der Waals surface area (Å²) >= 11 is 5.75. The van der Waals surface area contributed by atoms with Gasteiger partial charge in [0.1, 0.15) is 11.0 Å². The van der Waals surface area contributed by atoms with Crippen LogP contribution < -0.4 is 10.6 Å². The Labute approximate surface area is 194 Å². The zero-order valence-electron chi connectivity index (χ0n) is 15.9. The van der Waals surface area contributed by atoms with E-state index in [0.717, 1.165) is 16.2 Å². The van der Waals surface area contributed by atoms with E-state index >= 15 is 0 Å². The highest BCUT2D eigenvalue weighted by atomic mass is 79.9. The minimum absolute atomic E-state index is 0.0186. The number of amidine groups is 2. The standard InChI is InChI=1S/C19H16BrN5O4S2/c20-11-3-5-12(6-4-11)21-15(26)8-14-17(28)25(9-13-2-1-7-29-13)19(31-14)24-23-18-22-16(27)10-30-18/h1-7,14H,8-10H2,(H,21,26)(H,22,23,27)/b24-19+/t14-/m0/s1. The second-order valence-electron chi connectivity index (χ2n) is 6.49. The molecule has 4 rings (SSSR count). The van der Waals surface area contributed by atoms with Crippen molar-refractivity contribution in [1.82, 2.24) is 10.2 Å². The highest BCUT2D eigenvalue weighted by Crippen LogP contribution is 2.31. The van der Waals surface area contributed by atoms with Gasteiger partial charge in [-0.05, 0) is 36.4 Å². The largest absolute Gasteiger partial charge is 0.467 e. The lowest BCUT2D eigenvalue weighted by Gasteiger charge is -2.14. The number of thioether (sulfide) groups is 2. The number of anilines is 1. The molecule has 31 heavy (non-hydrogen) atoms. The third-order valence-electron chi connectivity index (χ3n) is 4.23. The van der Waals surface area contributed by atoms with Crippen molar-refractivity contribution in [3.8, 4) is 0 Å². The first-order valence-corrected chi connectivity index (χ1v) is 11.8. The average molecular weight is 522 g/mol. The number of amides is 3. The molecule has 0 saturated carbocycles. The van der Waals surface area contributed by atoms with Gasteiger partial charge >= 0.3 is 0 Å². The third-order valence-corrected chi connectivity index (χ3v) is 6.78. The van der Waals surface area contributed by atoms with Gasteiger partial charge in [0.25, 0.3) is 0 Å². The number of hydrogen-bond acceptors (Lipinski definition) is 8. The molecule has 2 fully saturated rings. The Bertz CT molecular complexity index is 1060. The van der Waals surface area contributed by atoms with E-state index in [4.69, 9.17) is 4.42 Å². The van der Waals surface area contributed by atoms with Crippen LogP contribution >= 0.6 is 39.5 Å². The SMILES string of the molecule is O=C1CSC(=N/N=C2/S[C@@H](CC(=O)Nc3ccc(Br)cc3)C(=O)N2Cc2ccco2)N1. The van der Waals surface area contributed by atoms with E-state index < -0.39 is 5.25 Å². The molecule has 0 bridgehead atoms. The molecule has 2 aliphatic heterocycles. The quantitative estimate of drug-likeness (QED) is 0.564. The molecule has 1 atom stereocenters. The Morgan fingerprint density at radius 3 is 2.74 bits per heavy atom. The van der Waals surface area contributed by atoms with Gasteiger partial charge in [-0.3, -0.25) is 19.3 Å². The first-order chi connectivity index (χ1) is 15.0. The van der Waals surface area contributed by atoms with E-state index in [-0.39, 0.29) is 36.4 Å². The summed E-state index contributed by atoms with van der Waals surface area (Å²) < 4.78 is 6.25. The van der Waals surface area contributed by atoms with Crippen LogP contribution in [0.3, 0.4) is 0 Å². The molecule has 0 unspecified atom stereocenters. The number of carbonyl (C=O) groups is 3. The van der Waals surface area contributed by atoms with Crippen LogP contribution in [0.5, 0.6) is 0 Å². The Morgan fingerprint density at radius 2 is 2.06 bits per heavy atom. The zero-order chi connectivity index (χ0) is 21.8. The van der Waals surface area contributed by atoms with Gasteiger partial charge in [-0.2, -0.15) is 0 Å². The summed E-state index contributed by atoms with van der Waals surface area (Å²) in [6, 6.07) is 10.7. The number of halogens is 1. The van der Waals surface area contributed by atoms with Gasteiger partial charge in [0.05, 0.1) is 18.6 Å². The lowest BCUT2D eigenvalue weighted by molar-refractivity contribution is -0.128. The summed E-state index contributed by atoms with van der Waals surface area (Å²) in [5.74, 6) is 0.184. The second kappa shape index (κ2) is 9.71.